The molecule has 0 radical (unpaired) electrons. The summed E-state index contributed by atoms with van der Waals surface area (Å²) in [5.41, 5.74) is 13.2. The van der Waals surface area contributed by atoms with E-state index in [-0.39, 0.29) is 16.3 Å². The minimum Gasteiger partial charge on any atom is -0.506 e. The molecule has 0 fully saturated rings. The van der Waals surface area contributed by atoms with Crippen LogP contribution in [0.5, 0.6) is 5.75 Å². The molecule has 0 heterocycles. The van der Waals surface area contributed by atoms with Crippen molar-refractivity contribution >= 4 is 15.7 Å². The SMILES string of the molecule is [N-]=NNS(=O)(=O)c1ccc(O)c(N)c1. The number of phenols is 1. The number of nitrogen functional groups attached to an aromatic ring is 1. The monoisotopic (exact) mass is 215 g/mol. The van der Waals surface area contributed by atoms with Gasteiger partial charge in [0.1, 0.15) is 5.75 Å². The molecule has 0 saturated carbocycles. The molecule has 0 bridgehead atoms. The molecule has 0 saturated heterocycles. The predicted octanol–water partition coefficient (Wildman–Crippen LogP) is 0.189. The molecule has 1 aromatic carbocycles. The van der Waals surface area contributed by atoms with Gasteiger partial charge in [0.15, 0.2) is 0 Å². The molecular formula is C6H7N4O3S-. The molecule has 0 spiro atoms. The minimum atomic E-state index is -3.91. The Morgan fingerprint density at radius 1 is 1.50 bits per heavy atom. The summed E-state index contributed by atoms with van der Waals surface area (Å²) in [6.45, 7) is 0. The van der Waals surface area contributed by atoms with Gasteiger partial charge in [-0.2, -0.15) is 0 Å². The Morgan fingerprint density at radius 2 is 2.14 bits per heavy atom. The zero-order valence-electron chi connectivity index (χ0n) is 6.88. The fourth-order valence-electron chi connectivity index (χ4n) is 0.806. The third-order valence-corrected chi connectivity index (χ3v) is 2.67. The number of sulfonamides is 1. The number of anilines is 1. The highest BCUT2D eigenvalue weighted by Crippen LogP contribution is 2.22. The second-order valence-electron chi connectivity index (χ2n) is 2.42. The van der Waals surface area contributed by atoms with Gasteiger partial charge < -0.3 is 21.2 Å². The van der Waals surface area contributed by atoms with Crippen LogP contribution in [-0.4, -0.2) is 13.5 Å². The quantitative estimate of drug-likeness (QED) is 0.288. The fourth-order valence-corrected chi connectivity index (χ4v) is 1.55. The van der Waals surface area contributed by atoms with Gasteiger partial charge in [-0.05, 0) is 18.2 Å². The van der Waals surface area contributed by atoms with Crippen LogP contribution in [0.15, 0.2) is 28.3 Å². The molecule has 0 aliphatic heterocycles. The van der Waals surface area contributed by atoms with Crippen molar-refractivity contribution in [2.24, 2.45) is 5.22 Å². The van der Waals surface area contributed by atoms with E-state index < -0.39 is 10.0 Å². The summed E-state index contributed by atoms with van der Waals surface area (Å²) in [7, 11) is -3.91. The van der Waals surface area contributed by atoms with Crippen LogP contribution in [0.3, 0.4) is 0 Å². The van der Waals surface area contributed by atoms with E-state index in [2.05, 4.69) is 5.22 Å². The van der Waals surface area contributed by atoms with Crippen molar-refractivity contribution in [1.29, 1.82) is 0 Å². The van der Waals surface area contributed by atoms with E-state index in [0.717, 1.165) is 18.2 Å². The van der Waals surface area contributed by atoms with Crippen LogP contribution in [0.4, 0.5) is 5.69 Å². The lowest BCUT2D eigenvalue weighted by Gasteiger charge is -2.08. The van der Waals surface area contributed by atoms with Gasteiger partial charge in [0, 0.05) is 0 Å². The normalized spacial score (nSPS) is 10.9. The number of hydrogen-bond donors (Lipinski definition) is 3. The summed E-state index contributed by atoms with van der Waals surface area (Å²) in [6, 6.07) is 3.29. The maximum atomic E-state index is 11.2. The van der Waals surface area contributed by atoms with Gasteiger partial charge in [-0.1, -0.05) is 0 Å². The van der Waals surface area contributed by atoms with Gasteiger partial charge in [-0.25, -0.2) is 8.42 Å². The van der Waals surface area contributed by atoms with Crippen LogP contribution >= 0.6 is 0 Å². The number of rotatable bonds is 3. The lowest BCUT2D eigenvalue weighted by molar-refractivity contribution is 0.477. The van der Waals surface area contributed by atoms with Gasteiger partial charge in [0.05, 0.1) is 10.6 Å². The van der Waals surface area contributed by atoms with Crippen molar-refractivity contribution in [3.8, 4) is 5.75 Å². The Labute approximate surface area is 80.1 Å². The maximum absolute atomic E-state index is 11.2. The van der Waals surface area contributed by atoms with E-state index in [9.17, 15) is 8.42 Å². The van der Waals surface area contributed by atoms with Crippen LogP contribution in [0, 0.1) is 0 Å². The smallest absolute Gasteiger partial charge is 0.211 e. The van der Waals surface area contributed by atoms with Crippen molar-refractivity contribution in [3.63, 3.8) is 0 Å². The highest BCUT2D eigenvalue weighted by atomic mass is 32.2. The molecule has 0 atom stereocenters. The van der Waals surface area contributed by atoms with E-state index in [1.54, 1.807) is 0 Å². The summed E-state index contributed by atoms with van der Waals surface area (Å²) in [5.74, 6) is -0.218. The van der Waals surface area contributed by atoms with E-state index >= 15 is 0 Å². The summed E-state index contributed by atoms with van der Waals surface area (Å²) in [4.78, 5) is 1.30. The Balaban J connectivity index is 3.21. The fraction of sp³-hybridized carbons (Fsp3) is 0. The van der Waals surface area contributed by atoms with E-state index in [4.69, 9.17) is 16.4 Å². The van der Waals surface area contributed by atoms with Crippen molar-refractivity contribution in [2.45, 2.75) is 4.90 Å². The second-order valence-corrected chi connectivity index (χ2v) is 4.08. The molecular weight excluding hydrogens is 208 g/mol. The number of aromatic hydroxyl groups is 1. The van der Waals surface area contributed by atoms with Crippen molar-refractivity contribution in [1.82, 2.24) is 4.83 Å². The minimum absolute atomic E-state index is 0.0779. The van der Waals surface area contributed by atoms with Crippen LogP contribution in [0.1, 0.15) is 0 Å². The van der Waals surface area contributed by atoms with Gasteiger partial charge in [0.2, 0.25) is 10.0 Å². The summed E-state index contributed by atoms with van der Waals surface area (Å²) >= 11 is 0. The molecule has 8 heteroatoms. The molecule has 76 valence electrons. The Kier molecular flexibility index (Phi) is 2.56. The average Bonchev–Trinajstić information content (AvgIpc) is 2.09. The van der Waals surface area contributed by atoms with Gasteiger partial charge in [-0.3, -0.25) is 5.22 Å². The number of nitrogens with one attached hydrogen (secondary N) is 1. The van der Waals surface area contributed by atoms with Crippen LogP contribution < -0.4 is 10.6 Å². The molecule has 0 aliphatic rings. The molecule has 1 rings (SSSR count). The lowest BCUT2D eigenvalue weighted by Crippen LogP contribution is -2.17. The number of phenolic OH excluding ortho intramolecular Hbond substituents is 1. The van der Waals surface area contributed by atoms with Crippen molar-refractivity contribution in [2.75, 3.05) is 5.73 Å². The second kappa shape index (κ2) is 3.50. The van der Waals surface area contributed by atoms with Crippen LogP contribution in [0.25, 0.3) is 5.53 Å². The van der Waals surface area contributed by atoms with Crippen LogP contribution in [0.2, 0.25) is 0 Å². The zero-order chi connectivity index (χ0) is 10.8. The molecule has 0 unspecified atom stereocenters. The van der Waals surface area contributed by atoms with Gasteiger partial charge in [-0.15, -0.1) is 0 Å². The molecule has 0 aromatic heterocycles. The highest BCUT2D eigenvalue weighted by molar-refractivity contribution is 7.89. The largest absolute Gasteiger partial charge is 0.506 e. The van der Waals surface area contributed by atoms with Gasteiger partial charge in [0.25, 0.3) is 0 Å². The molecule has 0 aliphatic carbocycles. The van der Waals surface area contributed by atoms with E-state index in [1.807, 2.05) is 0 Å². The van der Waals surface area contributed by atoms with Gasteiger partial charge >= 0.3 is 0 Å². The molecule has 0 amide bonds. The number of nitrogens with two attached hydrogens (primary N) is 1. The first-order valence-corrected chi connectivity index (χ1v) is 4.90. The number of benzene rings is 1. The maximum Gasteiger partial charge on any atom is 0.211 e. The Bertz CT molecular complexity index is 456. The summed E-state index contributed by atoms with van der Waals surface area (Å²) < 4.78 is 22.4. The summed E-state index contributed by atoms with van der Waals surface area (Å²) in [5, 5.41) is 11.3. The lowest BCUT2D eigenvalue weighted by atomic mass is 10.3. The number of nitrogens with zero attached hydrogens (tertiary/aromatic N) is 2. The first-order chi connectivity index (χ1) is 6.47. The zero-order valence-corrected chi connectivity index (χ0v) is 7.69. The predicted molar refractivity (Wildman–Crippen MR) is 48.6 cm³/mol. The number of hydrogen-bond acceptors (Lipinski definition) is 5. The topological polar surface area (TPSA) is 127 Å². The average molecular weight is 215 g/mol. The van der Waals surface area contributed by atoms with E-state index in [1.165, 1.54) is 4.83 Å². The first kappa shape index (κ1) is 10.3. The Hall–Kier alpha value is -1.83. The first-order valence-electron chi connectivity index (χ1n) is 3.42. The summed E-state index contributed by atoms with van der Waals surface area (Å²) in [6.07, 6.45) is 0. The molecule has 1 aromatic rings. The van der Waals surface area contributed by atoms with Crippen LogP contribution in [-0.2, 0) is 10.0 Å². The molecule has 7 nitrogen and oxygen atoms in total. The highest BCUT2D eigenvalue weighted by Gasteiger charge is 2.10. The molecule has 14 heavy (non-hydrogen) atoms. The van der Waals surface area contributed by atoms with E-state index in [0.29, 0.717) is 0 Å². The standard InChI is InChI=1S/C6H7N4O3S/c7-5-3-4(1-2-6(5)11)14(12,13)10-9-8/h1-3H,(H4-,7,8,9,10,11)/q-1. The third kappa shape index (κ3) is 1.91. The Morgan fingerprint density at radius 3 is 2.64 bits per heavy atom. The van der Waals surface area contributed by atoms with Crippen molar-refractivity contribution < 1.29 is 13.5 Å². The van der Waals surface area contributed by atoms with Crippen molar-refractivity contribution in [3.05, 3.63) is 23.7 Å². The molecule has 4 N–H and O–H groups in total. The third-order valence-electron chi connectivity index (χ3n) is 1.47.